The van der Waals surface area contributed by atoms with Gasteiger partial charge in [-0.05, 0) is 12.8 Å². The molecule has 0 saturated heterocycles. The number of ketones is 1. The lowest BCUT2D eigenvalue weighted by Gasteiger charge is -1.99. The van der Waals surface area contributed by atoms with Gasteiger partial charge in [0.05, 0.1) is 0 Å². The summed E-state index contributed by atoms with van der Waals surface area (Å²) in [5.41, 5.74) is 1.59. The van der Waals surface area contributed by atoms with Crippen molar-refractivity contribution in [3.8, 4) is 0 Å². The molecule has 4 heteroatoms. The third-order valence-electron chi connectivity index (χ3n) is 2.13. The van der Waals surface area contributed by atoms with Gasteiger partial charge in [0, 0.05) is 19.3 Å². The first-order chi connectivity index (χ1) is 6.70. The van der Waals surface area contributed by atoms with Crippen molar-refractivity contribution in [2.75, 3.05) is 0 Å². The van der Waals surface area contributed by atoms with Crippen LogP contribution in [0.3, 0.4) is 0 Å². The van der Waals surface area contributed by atoms with Crippen LogP contribution in [0.4, 0.5) is 0 Å². The maximum Gasteiger partial charge on any atom is 0.243 e. The zero-order valence-corrected chi connectivity index (χ0v) is 8.71. The molecule has 0 aliphatic rings. The summed E-state index contributed by atoms with van der Waals surface area (Å²) in [5, 5.41) is 8.20. The minimum atomic E-state index is -0.338. The number of unbranched alkanes of at least 4 members (excludes halogenated alkanes) is 3. The third-order valence-corrected chi connectivity index (χ3v) is 2.13. The summed E-state index contributed by atoms with van der Waals surface area (Å²) in [7, 11) is 0. The number of hydrogen-bond acceptors (Lipinski definition) is 3. The second-order valence-electron chi connectivity index (χ2n) is 3.34. The van der Waals surface area contributed by atoms with Gasteiger partial charge in [-0.2, -0.15) is 0 Å². The van der Waals surface area contributed by atoms with Crippen LogP contribution in [0.25, 0.3) is 0 Å². The highest BCUT2D eigenvalue weighted by Crippen LogP contribution is 2.06. The molecule has 0 aliphatic heterocycles. The minimum Gasteiger partial charge on any atom is -0.300 e. The molecule has 0 aliphatic carbocycles. The molecule has 1 amide bonds. The SMILES string of the molecule is CCC(=O)CCCCCCC(=O)NO. The Bertz CT molecular complexity index is 160. The Labute approximate surface area is 84.6 Å². The first kappa shape index (κ1) is 13.1. The first-order valence-electron chi connectivity index (χ1n) is 5.15. The van der Waals surface area contributed by atoms with Crippen molar-refractivity contribution in [1.29, 1.82) is 0 Å². The van der Waals surface area contributed by atoms with Gasteiger partial charge >= 0.3 is 0 Å². The predicted octanol–water partition coefficient (Wildman–Crippen LogP) is 1.81. The average molecular weight is 201 g/mol. The fourth-order valence-corrected chi connectivity index (χ4v) is 1.19. The Balaban J connectivity index is 3.14. The van der Waals surface area contributed by atoms with Gasteiger partial charge in [0.1, 0.15) is 5.78 Å². The summed E-state index contributed by atoms with van der Waals surface area (Å²) in [6, 6.07) is 0. The number of hydroxylamine groups is 1. The molecule has 0 saturated carbocycles. The summed E-state index contributed by atoms with van der Waals surface area (Å²) >= 11 is 0. The van der Waals surface area contributed by atoms with Gasteiger partial charge in [0.2, 0.25) is 5.91 Å². The van der Waals surface area contributed by atoms with Crippen molar-refractivity contribution < 1.29 is 14.8 Å². The van der Waals surface area contributed by atoms with E-state index in [1.54, 1.807) is 5.48 Å². The second-order valence-corrected chi connectivity index (χ2v) is 3.34. The minimum absolute atomic E-state index is 0.304. The van der Waals surface area contributed by atoms with E-state index in [9.17, 15) is 9.59 Å². The van der Waals surface area contributed by atoms with E-state index in [0.29, 0.717) is 25.0 Å². The molecule has 0 bridgehead atoms. The number of amides is 1. The molecular formula is C10H19NO3. The topological polar surface area (TPSA) is 66.4 Å². The van der Waals surface area contributed by atoms with Crippen molar-refractivity contribution in [2.24, 2.45) is 0 Å². The number of carbonyl (C=O) groups is 2. The van der Waals surface area contributed by atoms with Gasteiger partial charge in [-0.25, -0.2) is 5.48 Å². The van der Waals surface area contributed by atoms with Gasteiger partial charge in [-0.1, -0.05) is 19.8 Å². The predicted molar refractivity (Wildman–Crippen MR) is 52.9 cm³/mol. The van der Waals surface area contributed by atoms with E-state index in [4.69, 9.17) is 5.21 Å². The molecule has 0 aromatic rings. The molecule has 0 fully saturated rings. The van der Waals surface area contributed by atoms with Gasteiger partial charge in [-0.15, -0.1) is 0 Å². The fraction of sp³-hybridized carbons (Fsp3) is 0.800. The van der Waals surface area contributed by atoms with Crippen molar-refractivity contribution >= 4 is 11.7 Å². The number of rotatable bonds is 8. The highest BCUT2D eigenvalue weighted by atomic mass is 16.5. The van der Waals surface area contributed by atoms with Crippen LogP contribution < -0.4 is 5.48 Å². The molecule has 0 aromatic carbocycles. The number of Topliss-reactive ketones (excluding diaryl/α,β-unsaturated/α-hetero) is 1. The van der Waals surface area contributed by atoms with Crippen LogP contribution in [0.2, 0.25) is 0 Å². The molecule has 0 radical (unpaired) electrons. The summed E-state index contributed by atoms with van der Waals surface area (Å²) < 4.78 is 0. The normalized spacial score (nSPS) is 9.86. The van der Waals surface area contributed by atoms with Crippen LogP contribution in [0.1, 0.15) is 51.9 Å². The fourth-order valence-electron chi connectivity index (χ4n) is 1.19. The number of nitrogens with one attached hydrogen (secondary N) is 1. The summed E-state index contributed by atoms with van der Waals surface area (Å²) in [6.07, 6.45) is 5.23. The Morgan fingerprint density at radius 1 is 1.07 bits per heavy atom. The molecule has 0 spiro atoms. The standard InChI is InChI=1S/C10H19NO3/c1-2-9(12)7-5-3-4-6-8-10(13)11-14/h14H,2-8H2,1H3,(H,11,13). The van der Waals surface area contributed by atoms with Crippen LogP contribution in [0.15, 0.2) is 0 Å². The highest BCUT2D eigenvalue weighted by Gasteiger charge is 2.00. The van der Waals surface area contributed by atoms with Crippen molar-refractivity contribution in [1.82, 2.24) is 5.48 Å². The van der Waals surface area contributed by atoms with Crippen molar-refractivity contribution in [3.63, 3.8) is 0 Å². The summed E-state index contributed by atoms with van der Waals surface area (Å²) in [6.45, 7) is 1.87. The largest absolute Gasteiger partial charge is 0.300 e. The lowest BCUT2D eigenvalue weighted by Crippen LogP contribution is -2.17. The van der Waals surface area contributed by atoms with E-state index in [-0.39, 0.29) is 5.91 Å². The molecule has 14 heavy (non-hydrogen) atoms. The first-order valence-corrected chi connectivity index (χ1v) is 5.15. The lowest BCUT2D eigenvalue weighted by molar-refractivity contribution is -0.129. The number of carbonyl (C=O) groups excluding carboxylic acids is 2. The Kier molecular flexibility index (Phi) is 8.13. The molecule has 4 nitrogen and oxygen atoms in total. The van der Waals surface area contributed by atoms with Crippen LogP contribution in [-0.2, 0) is 9.59 Å². The average Bonchev–Trinajstić information content (AvgIpc) is 2.22. The molecule has 0 aromatic heterocycles. The third kappa shape index (κ3) is 7.73. The zero-order valence-electron chi connectivity index (χ0n) is 8.71. The van der Waals surface area contributed by atoms with Crippen molar-refractivity contribution in [2.45, 2.75) is 51.9 Å². The quantitative estimate of drug-likeness (QED) is 0.357. The van der Waals surface area contributed by atoms with Crippen LogP contribution in [-0.4, -0.2) is 16.9 Å². The maximum absolute atomic E-state index is 10.9. The maximum atomic E-state index is 10.9. The molecule has 0 heterocycles. The Hall–Kier alpha value is -0.900. The molecule has 82 valence electrons. The molecule has 0 atom stereocenters. The van der Waals surface area contributed by atoms with E-state index in [1.807, 2.05) is 6.92 Å². The van der Waals surface area contributed by atoms with E-state index < -0.39 is 0 Å². The van der Waals surface area contributed by atoms with E-state index in [0.717, 1.165) is 25.7 Å². The second kappa shape index (κ2) is 8.69. The van der Waals surface area contributed by atoms with Gasteiger partial charge < -0.3 is 0 Å². The van der Waals surface area contributed by atoms with Crippen LogP contribution in [0.5, 0.6) is 0 Å². The van der Waals surface area contributed by atoms with Crippen LogP contribution in [0, 0.1) is 0 Å². The summed E-state index contributed by atoms with van der Waals surface area (Å²) in [5.74, 6) is -0.0345. The zero-order chi connectivity index (χ0) is 10.8. The summed E-state index contributed by atoms with van der Waals surface area (Å²) in [4.78, 5) is 21.5. The molecule has 2 N–H and O–H groups in total. The van der Waals surface area contributed by atoms with Gasteiger partial charge in [0.15, 0.2) is 0 Å². The Morgan fingerprint density at radius 2 is 1.64 bits per heavy atom. The smallest absolute Gasteiger partial charge is 0.243 e. The molecular weight excluding hydrogens is 182 g/mol. The van der Waals surface area contributed by atoms with Gasteiger partial charge in [0.25, 0.3) is 0 Å². The number of hydrogen-bond donors (Lipinski definition) is 2. The van der Waals surface area contributed by atoms with E-state index in [1.165, 1.54) is 0 Å². The van der Waals surface area contributed by atoms with Crippen LogP contribution >= 0.6 is 0 Å². The lowest BCUT2D eigenvalue weighted by atomic mass is 10.1. The van der Waals surface area contributed by atoms with E-state index in [2.05, 4.69) is 0 Å². The molecule has 0 unspecified atom stereocenters. The monoisotopic (exact) mass is 201 g/mol. The van der Waals surface area contributed by atoms with Crippen molar-refractivity contribution in [3.05, 3.63) is 0 Å². The van der Waals surface area contributed by atoms with E-state index >= 15 is 0 Å². The Morgan fingerprint density at radius 3 is 2.14 bits per heavy atom. The highest BCUT2D eigenvalue weighted by molar-refractivity contribution is 5.77. The van der Waals surface area contributed by atoms with Gasteiger partial charge in [-0.3, -0.25) is 14.8 Å². The molecule has 0 rings (SSSR count).